The fourth-order valence-corrected chi connectivity index (χ4v) is 4.22. The van der Waals surface area contributed by atoms with Gasteiger partial charge in [-0.1, -0.05) is 6.07 Å². The van der Waals surface area contributed by atoms with Crippen molar-refractivity contribution in [1.82, 2.24) is 9.47 Å². The molecule has 1 aromatic carbocycles. The van der Waals surface area contributed by atoms with Crippen LogP contribution in [0.5, 0.6) is 0 Å². The summed E-state index contributed by atoms with van der Waals surface area (Å²) in [5, 5.41) is 3.74. The normalized spacial score (nSPS) is 20.5. The first-order chi connectivity index (χ1) is 13.8. The number of fused-ring (bicyclic) bond motifs is 1. The fraction of sp³-hybridized carbons (Fsp3) is 0.550. The predicted octanol–water partition coefficient (Wildman–Crippen LogP) is 5.57. The lowest BCUT2D eigenvalue weighted by Crippen LogP contribution is -2.51. The van der Waals surface area contributed by atoms with Gasteiger partial charge in [-0.05, 0) is 68.0 Å². The molecule has 166 valence electrons. The lowest BCUT2D eigenvalue weighted by Gasteiger charge is -2.36. The van der Waals surface area contributed by atoms with Crippen molar-refractivity contribution in [1.29, 1.82) is 0 Å². The second kappa shape index (κ2) is 8.43. The highest BCUT2D eigenvalue weighted by Gasteiger charge is 2.34. The van der Waals surface area contributed by atoms with Crippen LogP contribution in [-0.2, 0) is 11.3 Å². The molecule has 1 aliphatic rings. The molecule has 0 bridgehead atoms. The van der Waals surface area contributed by atoms with E-state index in [1.807, 2.05) is 22.6 Å². The lowest BCUT2D eigenvalue weighted by molar-refractivity contribution is -0.140. The molecule has 1 unspecified atom stereocenters. The van der Waals surface area contributed by atoms with Crippen molar-refractivity contribution in [3.05, 3.63) is 28.0 Å². The Kier molecular flexibility index (Phi) is 6.45. The summed E-state index contributed by atoms with van der Waals surface area (Å²) in [7, 11) is 0. The number of aromatic nitrogens is 1. The average Bonchev–Trinajstić information content (AvgIpc) is 2.90. The van der Waals surface area contributed by atoms with Crippen molar-refractivity contribution in [2.75, 3.05) is 18.4 Å². The first-order valence-electron chi connectivity index (χ1n) is 9.57. The monoisotopic (exact) mass is 541 g/mol. The van der Waals surface area contributed by atoms with Crippen LogP contribution in [0.25, 0.3) is 10.9 Å². The molecule has 0 spiro atoms. The molecule has 2 heterocycles. The number of anilines is 1. The average molecular weight is 541 g/mol. The third-order valence-electron chi connectivity index (χ3n) is 4.77. The number of piperidine rings is 1. The number of carbonyl (C=O) groups excluding carboxylic acids is 1. The van der Waals surface area contributed by atoms with Gasteiger partial charge in [-0.15, -0.1) is 0 Å². The number of hydrogen-bond acceptors (Lipinski definition) is 3. The lowest BCUT2D eigenvalue weighted by atomic mass is 10.0. The quantitative estimate of drug-likeness (QED) is 0.409. The topological polar surface area (TPSA) is 46.5 Å². The Hall–Kier alpha value is -1.72. The van der Waals surface area contributed by atoms with E-state index in [1.54, 1.807) is 45.0 Å². The minimum absolute atomic E-state index is 0.102. The zero-order valence-electron chi connectivity index (χ0n) is 16.9. The van der Waals surface area contributed by atoms with E-state index in [2.05, 4.69) is 5.32 Å². The molecule has 1 fully saturated rings. The molecule has 2 aromatic rings. The van der Waals surface area contributed by atoms with Crippen LogP contribution in [0.2, 0.25) is 0 Å². The molecule has 5 nitrogen and oxygen atoms in total. The zero-order valence-corrected chi connectivity index (χ0v) is 19.1. The Morgan fingerprint density at radius 3 is 2.60 bits per heavy atom. The number of rotatable bonds is 3. The highest BCUT2D eigenvalue weighted by atomic mass is 127. The molecule has 1 N–H and O–H groups in total. The summed E-state index contributed by atoms with van der Waals surface area (Å²) in [5.41, 5.74) is 0.349. The first-order valence-corrected chi connectivity index (χ1v) is 10.6. The van der Waals surface area contributed by atoms with Crippen molar-refractivity contribution >= 4 is 45.3 Å². The maximum Gasteiger partial charge on any atom is 0.410 e. The van der Waals surface area contributed by atoms with E-state index >= 15 is 0 Å². The van der Waals surface area contributed by atoms with Crippen molar-refractivity contribution in [3.8, 4) is 0 Å². The minimum atomic E-state index is -4.34. The van der Waals surface area contributed by atoms with E-state index in [9.17, 15) is 22.4 Å². The van der Waals surface area contributed by atoms with Crippen molar-refractivity contribution in [2.45, 2.75) is 57.7 Å². The Balaban J connectivity index is 1.74. The van der Waals surface area contributed by atoms with E-state index in [-0.39, 0.29) is 6.54 Å². The number of carbonyl (C=O) groups is 1. The van der Waals surface area contributed by atoms with E-state index < -0.39 is 36.6 Å². The summed E-state index contributed by atoms with van der Waals surface area (Å²) in [6, 6.07) is 6.09. The molecule has 10 heteroatoms. The SMILES string of the molecule is CC(C)(C)OC(=O)N1CC[C@H](Nc2cccc3c2cc(I)n3CC(F)(F)F)C(F)C1. The van der Waals surface area contributed by atoms with E-state index in [4.69, 9.17) is 4.74 Å². The van der Waals surface area contributed by atoms with Gasteiger partial charge < -0.3 is 19.5 Å². The van der Waals surface area contributed by atoms with Crippen LogP contribution in [0.3, 0.4) is 0 Å². The Morgan fingerprint density at radius 2 is 2.00 bits per heavy atom. The second-order valence-electron chi connectivity index (χ2n) is 8.39. The maximum atomic E-state index is 14.8. The van der Waals surface area contributed by atoms with Gasteiger partial charge in [0, 0.05) is 17.6 Å². The number of likely N-dealkylation sites (tertiary alicyclic amines) is 1. The van der Waals surface area contributed by atoms with Crippen LogP contribution >= 0.6 is 22.6 Å². The van der Waals surface area contributed by atoms with Gasteiger partial charge in [-0.25, -0.2) is 9.18 Å². The molecular weight excluding hydrogens is 517 g/mol. The Bertz CT molecular complexity index is 923. The molecule has 3 rings (SSSR count). The summed E-state index contributed by atoms with van der Waals surface area (Å²) in [4.78, 5) is 13.5. The van der Waals surface area contributed by atoms with Crippen LogP contribution in [-0.4, -0.2) is 52.6 Å². The highest BCUT2D eigenvalue weighted by molar-refractivity contribution is 14.1. The summed E-state index contributed by atoms with van der Waals surface area (Å²) in [5.74, 6) is 0. The number of nitrogens with zero attached hydrogens (tertiary/aromatic N) is 2. The van der Waals surface area contributed by atoms with Crippen LogP contribution in [0, 0.1) is 3.70 Å². The molecular formula is C20H24F4IN3O2. The third-order valence-corrected chi connectivity index (χ3v) is 5.66. The molecule has 1 aliphatic heterocycles. The summed E-state index contributed by atoms with van der Waals surface area (Å²) < 4.78 is 60.5. The van der Waals surface area contributed by atoms with Gasteiger partial charge >= 0.3 is 12.3 Å². The summed E-state index contributed by atoms with van der Waals surface area (Å²) in [6.07, 6.45) is -5.87. The van der Waals surface area contributed by atoms with Crippen molar-refractivity contribution in [3.63, 3.8) is 0 Å². The van der Waals surface area contributed by atoms with Crippen LogP contribution in [0.15, 0.2) is 24.3 Å². The van der Waals surface area contributed by atoms with Gasteiger partial charge in [0.05, 0.1) is 21.8 Å². The molecule has 0 saturated carbocycles. The zero-order chi connectivity index (χ0) is 22.3. The number of amides is 1. The van der Waals surface area contributed by atoms with Crippen LogP contribution in [0.1, 0.15) is 27.2 Å². The molecule has 30 heavy (non-hydrogen) atoms. The van der Waals surface area contributed by atoms with Crippen LogP contribution in [0.4, 0.5) is 28.0 Å². The predicted molar refractivity (Wildman–Crippen MR) is 115 cm³/mol. The number of hydrogen-bond donors (Lipinski definition) is 1. The number of nitrogens with one attached hydrogen (secondary N) is 1. The van der Waals surface area contributed by atoms with E-state index in [0.717, 1.165) is 0 Å². The van der Waals surface area contributed by atoms with Crippen molar-refractivity contribution in [2.24, 2.45) is 0 Å². The molecule has 1 saturated heterocycles. The summed E-state index contributed by atoms with van der Waals surface area (Å²) in [6.45, 7) is 4.39. The third kappa shape index (κ3) is 5.50. The Morgan fingerprint density at radius 1 is 1.30 bits per heavy atom. The second-order valence-corrected chi connectivity index (χ2v) is 9.49. The smallest absolute Gasteiger partial charge is 0.410 e. The van der Waals surface area contributed by atoms with E-state index in [1.165, 1.54) is 9.47 Å². The highest BCUT2D eigenvalue weighted by Crippen LogP contribution is 2.32. The largest absolute Gasteiger partial charge is 0.444 e. The van der Waals surface area contributed by atoms with Gasteiger partial charge in [-0.3, -0.25) is 0 Å². The van der Waals surface area contributed by atoms with Gasteiger partial charge in [0.25, 0.3) is 0 Å². The number of alkyl halides is 4. The standard InChI is InChI=1S/C20H24F4IN3O2/c1-19(2,3)30-18(29)27-8-7-15(13(21)10-27)26-14-5-4-6-16-12(14)9-17(25)28(16)11-20(22,23)24/h4-6,9,13,15,26H,7-8,10-11H2,1-3H3/t13?,15-/m0/s1. The summed E-state index contributed by atoms with van der Waals surface area (Å²) >= 11 is 1.87. The maximum absolute atomic E-state index is 14.8. The number of halogens is 5. The Labute approximate surface area is 185 Å². The number of ether oxygens (including phenoxy) is 1. The van der Waals surface area contributed by atoms with Gasteiger partial charge in [0.1, 0.15) is 18.3 Å². The van der Waals surface area contributed by atoms with Gasteiger partial charge in [0.15, 0.2) is 0 Å². The van der Waals surface area contributed by atoms with E-state index in [0.29, 0.717) is 33.3 Å². The fourth-order valence-electron chi connectivity index (χ4n) is 3.48. The molecule has 1 amide bonds. The van der Waals surface area contributed by atoms with Gasteiger partial charge in [0.2, 0.25) is 0 Å². The molecule has 2 atom stereocenters. The molecule has 0 radical (unpaired) electrons. The molecule has 1 aromatic heterocycles. The van der Waals surface area contributed by atoms with Crippen LogP contribution < -0.4 is 5.32 Å². The van der Waals surface area contributed by atoms with Gasteiger partial charge in [-0.2, -0.15) is 13.2 Å². The molecule has 0 aliphatic carbocycles. The van der Waals surface area contributed by atoms with Crippen molar-refractivity contribution < 1.29 is 27.1 Å². The minimum Gasteiger partial charge on any atom is -0.444 e. The first kappa shape index (κ1) is 23.0. The number of benzene rings is 1.